The van der Waals surface area contributed by atoms with Crippen LogP contribution in [0.3, 0.4) is 0 Å². The molecule has 0 aromatic heterocycles. The molecule has 0 amide bonds. The van der Waals surface area contributed by atoms with Crippen molar-refractivity contribution in [2.75, 3.05) is 20.1 Å². The molecule has 0 radical (unpaired) electrons. The highest BCUT2D eigenvalue weighted by Crippen LogP contribution is 2.19. The number of nitrogens with zero attached hydrogens (tertiary/aromatic N) is 1. The Bertz CT molecular complexity index is 119. The van der Waals surface area contributed by atoms with E-state index in [2.05, 4.69) is 11.9 Å². The van der Waals surface area contributed by atoms with Gasteiger partial charge in [0.15, 0.2) is 0 Å². The molecule has 3 nitrogen and oxygen atoms in total. The summed E-state index contributed by atoms with van der Waals surface area (Å²) in [6, 6.07) is 0. The Hall–Kier alpha value is -0.120. The number of hydrogen-bond donors (Lipinski definition) is 1. The van der Waals surface area contributed by atoms with E-state index >= 15 is 0 Å². The van der Waals surface area contributed by atoms with Crippen LogP contribution >= 0.6 is 0 Å². The van der Waals surface area contributed by atoms with Crippen molar-refractivity contribution in [2.45, 2.75) is 25.9 Å². The van der Waals surface area contributed by atoms with Gasteiger partial charge in [-0.3, -0.25) is 0 Å². The summed E-state index contributed by atoms with van der Waals surface area (Å²) in [6.07, 6.45) is 2.61. The van der Waals surface area contributed by atoms with E-state index in [1.54, 1.807) is 0 Å². The average Bonchev–Trinajstić information content (AvgIpc) is 2.35. The second kappa shape index (κ2) is 4.04. The van der Waals surface area contributed by atoms with Gasteiger partial charge in [0, 0.05) is 6.54 Å². The minimum Gasteiger partial charge on any atom is -0.306 e. The fourth-order valence-electron chi connectivity index (χ4n) is 1.74. The van der Waals surface area contributed by atoms with Crippen LogP contribution < -0.4 is 5.90 Å². The summed E-state index contributed by atoms with van der Waals surface area (Å²) < 4.78 is 0. The molecule has 1 saturated heterocycles. The molecule has 3 heteroatoms. The molecule has 1 rings (SSSR count). The van der Waals surface area contributed by atoms with Crippen molar-refractivity contribution in [1.82, 2.24) is 4.90 Å². The topological polar surface area (TPSA) is 38.5 Å². The van der Waals surface area contributed by atoms with Crippen LogP contribution in [0, 0.1) is 5.92 Å². The first-order valence-electron chi connectivity index (χ1n) is 4.26. The summed E-state index contributed by atoms with van der Waals surface area (Å²) in [5.41, 5.74) is 0. The average molecular weight is 158 g/mol. The molecule has 1 aliphatic rings. The Morgan fingerprint density at radius 2 is 2.45 bits per heavy atom. The third-order valence-electron chi connectivity index (χ3n) is 2.39. The van der Waals surface area contributed by atoms with E-state index < -0.39 is 0 Å². The van der Waals surface area contributed by atoms with E-state index in [0.717, 1.165) is 12.3 Å². The zero-order valence-electron chi connectivity index (χ0n) is 7.42. The van der Waals surface area contributed by atoms with Crippen LogP contribution in [0.5, 0.6) is 0 Å². The van der Waals surface area contributed by atoms with Crippen LogP contribution in [0.1, 0.15) is 19.8 Å². The maximum Gasteiger partial charge on any atom is 0.0762 e. The van der Waals surface area contributed by atoms with Gasteiger partial charge >= 0.3 is 0 Å². The summed E-state index contributed by atoms with van der Waals surface area (Å²) >= 11 is 0. The van der Waals surface area contributed by atoms with Crippen molar-refractivity contribution < 1.29 is 4.84 Å². The summed E-state index contributed by atoms with van der Waals surface area (Å²) in [6.45, 7) is 4.45. The second-order valence-corrected chi connectivity index (χ2v) is 3.60. The molecule has 0 aromatic rings. The quantitative estimate of drug-likeness (QED) is 0.611. The van der Waals surface area contributed by atoms with Gasteiger partial charge < -0.3 is 9.74 Å². The summed E-state index contributed by atoms with van der Waals surface area (Å²) in [4.78, 5) is 7.08. The van der Waals surface area contributed by atoms with E-state index in [4.69, 9.17) is 10.7 Å². The molecule has 2 atom stereocenters. The minimum absolute atomic E-state index is 0.214. The van der Waals surface area contributed by atoms with E-state index in [9.17, 15) is 0 Å². The van der Waals surface area contributed by atoms with Crippen molar-refractivity contribution in [3.05, 3.63) is 0 Å². The Balaban J connectivity index is 2.17. The first kappa shape index (κ1) is 8.97. The maximum atomic E-state index is 5.07. The van der Waals surface area contributed by atoms with Gasteiger partial charge in [-0.15, -0.1) is 0 Å². The molecular weight excluding hydrogens is 140 g/mol. The highest BCUT2D eigenvalue weighted by Gasteiger charge is 2.21. The highest BCUT2D eigenvalue weighted by molar-refractivity contribution is 4.74. The Morgan fingerprint density at radius 3 is 2.91 bits per heavy atom. The highest BCUT2D eigenvalue weighted by atomic mass is 16.6. The predicted octanol–water partition coefficient (Wildman–Crippen LogP) is 0.607. The molecule has 1 fully saturated rings. The molecule has 0 saturated carbocycles. The molecule has 2 N–H and O–H groups in total. The second-order valence-electron chi connectivity index (χ2n) is 3.60. The minimum atomic E-state index is 0.214. The molecule has 66 valence electrons. The van der Waals surface area contributed by atoms with Crippen LogP contribution in [0.15, 0.2) is 0 Å². The molecule has 0 spiro atoms. The lowest BCUT2D eigenvalue weighted by atomic mass is 10.0. The van der Waals surface area contributed by atoms with Crippen LogP contribution in [-0.4, -0.2) is 31.1 Å². The lowest BCUT2D eigenvalue weighted by molar-refractivity contribution is 0.0497. The molecule has 1 aliphatic heterocycles. The largest absolute Gasteiger partial charge is 0.306 e. The van der Waals surface area contributed by atoms with Crippen molar-refractivity contribution in [3.63, 3.8) is 0 Å². The fraction of sp³-hybridized carbons (Fsp3) is 1.00. The molecule has 1 heterocycles. The van der Waals surface area contributed by atoms with Gasteiger partial charge in [-0.1, -0.05) is 0 Å². The Labute approximate surface area is 68.5 Å². The van der Waals surface area contributed by atoms with Gasteiger partial charge in [-0.25, -0.2) is 5.90 Å². The number of likely N-dealkylation sites (tertiary alicyclic amines) is 1. The summed E-state index contributed by atoms with van der Waals surface area (Å²) in [7, 11) is 2.16. The fourth-order valence-corrected chi connectivity index (χ4v) is 1.74. The zero-order valence-corrected chi connectivity index (χ0v) is 7.42. The lowest BCUT2D eigenvalue weighted by Crippen LogP contribution is -2.20. The molecule has 2 unspecified atom stereocenters. The third kappa shape index (κ3) is 2.77. The smallest absolute Gasteiger partial charge is 0.0762 e. The molecule has 0 bridgehead atoms. The van der Waals surface area contributed by atoms with Gasteiger partial charge in [0.25, 0.3) is 0 Å². The van der Waals surface area contributed by atoms with Gasteiger partial charge in [-0.05, 0) is 39.3 Å². The van der Waals surface area contributed by atoms with Crippen molar-refractivity contribution in [3.8, 4) is 0 Å². The SMILES string of the molecule is CC(CC1CCN(C)C1)ON. The monoisotopic (exact) mass is 158 g/mol. The molecule has 0 aromatic carbocycles. The van der Waals surface area contributed by atoms with Crippen LogP contribution in [0.2, 0.25) is 0 Å². The van der Waals surface area contributed by atoms with E-state index in [1.165, 1.54) is 19.5 Å². The molecular formula is C8H18N2O. The first-order valence-corrected chi connectivity index (χ1v) is 4.26. The zero-order chi connectivity index (χ0) is 8.27. The van der Waals surface area contributed by atoms with Gasteiger partial charge in [0.05, 0.1) is 6.10 Å². The Kier molecular flexibility index (Phi) is 3.30. The van der Waals surface area contributed by atoms with E-state index in [0.29, 0.717) is 0 Å². The van der Waals surface area contributed by atoms with Gasteiger partial charge in [-0.2, -0.15) is 0 Å². The summed E-state index contributed by atoms with van der Waals surface area (Å²) in [5, 5.41) is 0. The number of nitrogens with two attached hydrogens (primary N) is 1. The first-order chi connectivity index (χ1) is 5.22. The molecule has 0 aliphatic carbocycles. The van der Waals surface area contributed by atoms with E-state index in [1.807, 2.05) is 6.92 Å². The van der Waals surface area contributed by atoms with Crippen molar-refractivity contribution in [1.29, 1.82) is 0 Å². The van der Waals surface area contributed by atoms with Crippen molar-refractivity contribution in [2.24, 2.45) is 11.8 Å². The number of rotatable bonds is 3. The third-order valence-corrected chi connectivity index (χ3v) is 2.39. The van der Waals surface area contributed by atoms with Gasteiger partial charge in [0.2, 0.25) is 0 Å². The predicted molar refractivity (Wildman–Crippen MR) is 45.0 cm³/mol. The standard InChI is InChI=1S/C8H18N2O/c1-7(11-9)5-8-3-4-10(2)6-8/h7-8H,3-6,9H2,1-2H3. The maximum absolute atomic E-state index is 5.07. The van der Waals surface area contributed by atoms with Crippen LogP contribution in [0.4, 0.5) is 0 Å². The van der Waals surface area contributed by atoms with Crippen LogP contribution in [0.25, 0.3) is 0 Å². The lowest BCUT2D eigenvalue weighted by Gasteiger charge is -2.14. The van der Waals surface area contributed by atoms with Crippen molar-refractivity contribution >= 4 is 0 Å². The Morgan fingerprint density at radius 1 is 1.73 bits per heavy atom. The van der Waals surface area contributed by atoms with Crippen LogP contribution in [-0.2, 0) is 4.84 Å². The summed E-state index contributed by atoms with van der Waals surface area (Å²) in [5.74, 6) is 5.86. The van der Waals surface area contributed by atoms with E-state index in [-0.39, 0.29) is 6.10 Å². The normalized spacial score (nSPS) is 29.2. The number of hydrogen-bond acceptors (Lipinski definition) is 3. The molecule has 11 heavy (non-hydrogen) atoms. The van der Waals surface area contributed by atoms with Gasteiger partial charge in [0.1, 0.15) is 0 Å².